The van der Waals surface area contributed by atoms with Crippen LogP contribution in [0.4, 0.5) is 37.0 Å². The number of halogens is 7. The Labute approximate surface area is 199 Å². The fourth-order valence-corrected chi connectivity index (χ4v) is 5.31. The van der Waals surface area contributed by atoms with Crippen LogP contribution in [0.25, 0.3) is 0 Å². The molecule has 1 aromatic heterocycles. The van der Waals surface area contributed by atoms with Crippen molar-refractivity contribution in [2.24, 2.45) is 0 Å². The fraction of sp³-hybridized carbons (Fsp3) is 0.455. The van der Waals surface area contributed by atoms with Crippen molar-refractivity contribution >= 4 is 27.8 Å². The number of aromatic nitrogens is 1. The van der Waals surface area contributed by atoms with Gasteiger partial charge in [0.15, 0.2) is 0 Å². The second kappa shape index (κ2) is 8.31. The lowest BCUT2D eigenvalue weighted by Gasteiger charge is -2.25. The van der Waals surface area contributed by atoms with Gasteiger partial charge in [0.05, 0.1) is 28.9 Å². The summed E-state index contributed by atoms with van der Waals surface area (Å²) < 4.78 is 86.0. The number of carbonyl (C=O) groups excluding carboxylic acids is 1. The molecule has 2 fully saturated rings. The maximum absolute atomic E-state index is 13.3. The summed E-state index contributed by atoms with van der Waals surface area (Å²) in [6.45, 7) is 1.88. The number of carbonyl (C=O) groups is 1. The lowest BCUT2D eigenvalue weighted by atomic mass is 9.96. The van der Waals surface area contributed by atoms with Gasteiger partial charge in [0.25, 0.3) is 0 Å². The topological polar surface area (TPSA) is 45.7 Å². The molecule has 2 aromatic rings. The summed E-state index contributed by atoms with van der Waals surface area (Å²) in [5, 5.41) is 0. The molecule has 0 N–H and O–H groups in total. The van der Waals surface area contributed by atoms with Gasteiger partial charge in [-0.25, -0.2) is 9.78 Å². The first kappa shape index (κ1) is 24.6. The second-order valence-corrected chi connectivity index (χ2v) is 9.46. The Kier molecular flexibility index (Phi) is 6.02. The Bertz CT molecular complexity index is 1100. The van der Waals surface area contributed by atoms with Crippen molar-refractivity contribution in [2.45, 2.75) is 50.3 Å². The standard InChI is InChI=1S/C22H20BrF6N3O2/c1-10-6-14(23)17(30-19(10)31(2)3)15-4-5-16-18(34-20(33)32(15)16)11-7-12(21(24,25)26)9-13(8-11)22(27,28)29/h6-9,15-16,18H,4-5H2,1-3H3. The molecule has 4 rings (SSSR count). The van der Waals surface area contributed by atoms with E-state index < -0.39 is 47.8 Å². The largest absolute Gasteiger partial charge is 0.439 e. The number of anilines is 1. The average molecular weight is 552 g/mol. The van der Waals surface area contributed by atoms with Gasteiger partial charge in [-0.05, 0) is 71.1 Å². The van der Waals surface area contributed by atoms with E-state index in [1.807, 2.05) is 32.0 Å². The van der Waals surface area contributed by atoms with Crippen LogP contribution in [0.2, 0.25) is 0 Å². The third-order valence-electron chi connectivity index (χ3n) is 6.06. The molecule has 1 aromatic carbocycles. The number of ether oxygens (including phenoxy) is 1. The maximum atomic E-state index is 13.3. The number of nitrogens with zero attached hydrogens (tertiary/aromatic N) is 3. The van der Waals surface area contributed by atoms with Crippen molar-refractivity contribution in [3.63, 3.8) is 0 Å². The summed E-state index contributed by atoms with van der Waals surface area (Å²) in [5.74, 6) is 0.679. The van der Waals surface area contributed by atoms with Gasteiger partial charge in [-0.15, -0.1) is 0 Å². The Morgan fingerprint density at radius 2 is 1.62 bits per heavy atom. The number of amides is 1. The van der Waals surface area contributed by atoms with E-state index in [-0.39, 0.29) is 11.6 Å². The number of alkyl halides is 6. The van der Waals surface area contributed by atoms with Crippen LogP contribution in [0.5, 0.6) is 0 Å². The monoisotopic (exact) mass is 551 g/mol. The maximum Gasteiger partial charge on any atom is 0.416 e. The van der Waals surface area contributed by atoms with Crippen LogP contribution in [0.15, 0.2) is 28.7 Å². The van der Waals surface area contributed by atoms with Crippen molar-refractivity contribution in [3.05, 3.63) is 56.7 Å². The van der Waals surface area contributed by atoms with Crippen LogP contribution < -0.4 is 4.90 Å². The van der Waals surface area contributed by atoms with Crippen LogP contribution in [0, 0.1) is 6.92 Å². The highest BCUT2D eigenvalue weighted by atomic mass is 79.9. The van der Waals surface area contributed by atoms with Crippen molar-refractivity contribution in [1.29, 1.82) is 0 Å². The summed E-state index contributed by atoms with van der Waals surface area (Å²) in [6, 6.07) is 1.89. The van der Waals surface area contributed by atoms with Crippen molar-refractivity contribution in [3.8, 4) is 0 Å². The third kappa shape index (κ3) is 4.32. The molecule has 0 spiro atoms. The number of hydrogen-bond donors (Lipinski definition) is 0. The highest BCUT2D eigenvalue weighted by Crippen LogP contribution is 2.49. The predicted octanol–water partition coefficient (Wildman–Crippen LogP) is 6.65. The molecule has 3 atom stereocenters. The van der Waals surface area contributed by atoms with Crippen molar-refractivity contribution in [1.82, 2.24) is 9.88 Å². The van der Waals surface area contributed by atoms with Gasteiger partial charge in [-0.1, -0.05) is 0 Å². The quantitative estimate of drug-likeness (QED) is 0.400. The molecule has 184 valence electrons. The number of rotatable bonds is 3. The van der Waals surface area contributed by atoms with Gasteiger partial charge in [0.2, 0.25) is 0 Å². The molecule has 0 bridgehead atoms. The number of pyridine rings is 1. The van der Waals surface area contributed by atoms with Crippen LogP contribution in [0.1, 0.15) is 52.9 Å². The number of cyclic esters (lactones) is 1. The zero-order valence-corrected chi connectivity index (χ0v) is 19.8. The summed E-state index contributed by atoms with van der Waals surface area (Å²) in [4.78, 5) is 20.6. The number of aryl methyl sites for hydroxylation is 1. The Morgan fingerprint density at radius 3 is 2.15 bits per heavy atom. The van der Waals surface area contributed by atoms with E-state index in [0.29, 0.717) is 41.0 Å². The molecule has 3 unspecified atom stereocenters. The summed E-state index contributed by atoms with van der Waals surface area (Å²) in [5.41, 5.74) is -1.79. The van der Waals surface area contributed by atoms with Crippen LogP contribution in [0.3, 0.4) is 0 Å². The minimum Gasteiger partial charge on any atom is -0.439 e. The molecule has 0 saturated carbocycles. The first-order valence-corrected chi connectivity index (χ1v) is 11.1. The summed E-state index contributed by atoms with van der Waals surface area (Å²) in [7, 11) is 3.63. The number of hydrogen-bond acceptors (Lipinski definition) is 4. The van der Waals surface area contributed by atoms with E-state index in [1.54, 1.807) is 0 Å². The molecule has 2 saturated heterocycles. The van der Waals surface area contributed by atoms with E-state index >= 15 is 0 Å². The van der Waals surface area contributed by atoms with Gasteiger partial charge >= 0.3 is 18.4 Å². The highest BCUT2D eigenvalue weighted by molar-refractivity contribution is 9.10. The molecule has 34 heavy (non-hydrogen) atoms. The Hall–Kier alpha value is -2.50. The van der Waals surface area contributed by atoms with E-state index in [0.717, 1.165) is 5.56 Å². The van der Waals surface area contributed by atoms with E-state index in [1.165, 1.54) is 4.90 Å². The minimum atomic E-state index is -4.99. The smallest absolute Gasteiger partial charge is 0.416 e. The van der Waals surface area contributed by atoms with Gasteiger partial charge in [-0.3, -0.25) is 4.90 Å². The zero-order valence-electron chi connectivity index (χ0n) is 18.3. The van der Waals surface area contributed by atoms with Gasteiger partial charge in [0.1, 0.15) is 11.9 Å². The van der Waals surface area contributed by atoms with E-state index in [9.17, 15) is 31.1 Å². The molecule has 2 aliphatic rings. The third-order valence-corrected chi connectivity index (χ3v) is 6.70. The SMILES string of the molecule is Cc1cc(Br)c(C2CCC3C(c4cc(C(F)(F)F)cc(C(F)(F)F)c4)OC(=O)N23)nc1N(C)C. The first-order valence-electron chi connectivity index (χ1n) is 10.3. The summed E-state index contributed by atoms with van der Waals surface area (Å²) in [6.07, 6.45) is -11.3. The molecule has 5 nitrogen and oxygen atoms in total. The van der Waals surface area contributed by atoms with E-state index in [4.69, 9.17) is 4.74 Å². The molecule has 12 heteroatoms. The summed E-state index contributed by atoms with van der Waals surface area (Å²) >= 11 is 3.47. The molecule has 2 aliphatic heterocycles. The lowest BCUT2D eigenvalue weighted by Crippen LogP contribution is -2.31. The Balaban J connectivity index is 1.73. The molecular weight excluding hydrogens is 532 g/mol. The average Bonchev–Trinajstić information content (AvgIpc) is 3.27. The zero-order chi connectivity index (χ0) is 25.2. The van der Waals surface area contributed by atoms with Crippen LogP contribution >= 0.6 is 15.9 Å². The number of fused-ring (bicyclic) bond motifs is 1. The fourth-order valence-electron chi connectivity index (χ4n) is 4.62. The van der Waals surface area contributed by atoms with E-state index in [2.05, 4.69) is 20.9 Å². The first-order chi connectivity index (χ1) is 15.7. The molecule has 0 aliphatic carbocycles. The molecule has 0 radical (unpaired) electrons. The highest BCUT2D eigenvalue weighted by Gasteiger charge is 2.52. The van der Waals surface area contributed by atoms with Crippen LogP contribution in [-0.2, 0) is 17.1 Å². The predicted molar refractivity (Wildman–Crippen MR) is 114 cm³/mol. The van der Waals surface area contributed by atoms with Crippen LogP contribution in [-0.4, -0.2) is 36.1 Å². The molecular formula is C22H20BrF6N3O2. The van der Waals surface area contributed by atoms with Crippen molar-refractivity contribution < 1.29 is 35.9 Å². The number of benzene rings is 1. The van der Waals surface area contributed by atoms with Gasteiger partial charge < -0.3 is 9.64 Å². The lowest BCUT2D eigenvalue weighted by molar-refractivity contribution is -0.143. The second-order valence-electron chi connectivity index (χ2n) is 8.60. The molecule has 3 heterocycles. The minimum absolute atomic E-state index is 0.0611. The van der Waals surface area contributed by atoms with Gasteiger partial charge in [-0.2, -0.15) is 26.3 Å². The van der Waals surface area contributed by atoms with Crippen molar-refractivity contribution in [2.75, 3.05) is 19.0 Å². The Morgan fingerprint density at radius 1 is 1.03 bits per heavy atom. The van der Waals surface area contributed by atoms with Gasteiger partial charge in [0, 0.05) is 18.6 Å². The molecule has 1 amide bonds. The normalized spacial score (nSPS) is 22.7.